The van der Waals surface area contributed by atoms with Gasteiger partial charge >= 0.3 is 0 Å². The lowest BCUT2D eigenvalue weighted by atomic mass is 10.0. The summed E-state index contributed by atoms with van der Waals surface area (Å²) in [7, 11) is 4.17. The van der Waals surface area contributed by atoms with Gasteiger partial charge in [-0.25, -0.2) is 0 Å². The van der Waals surface area contributed by atoms with Gasteiger partial charge in [0.05, 0.1) is 17.9 Å². The van der Waals surface area contributed by atoms with Crippen LogP contribution in [-0.4, -0.2) is 72.3 Å². The van der Waals surface area contributed by atoms with E-state index in [1.165, 1.54) is 18.2 Å². The van der Waals surface area contributed by atoms with Gasteiger partial charge in [0.1, 0.15) is 18.1 Å². The molecule has 0 aromatic heterocycles. The van der Waals surface area contributed by atoms with Gasteiger partial charge in [0.25, 0.3) is 11.8 Å². The number of hydrogen-bond donors (Lipinski definition) is 2. The first-order valence-corrected chi connectivity index (χ1v) is 18.4. The maximum absolute atomic E-state index is 13.6. The number of ether oxygens (including phenoxy) is 2. The normalized spacial score (nSPS) is 13.0. The van der Waals surface area contributed by atoms with Crippen molar-refractivity contribution in [3.8, 4) is 11.5 Å². The molecule has 1 saturated heterocycles. The van der Waals surface area contributed by atoms with Gasteiger partial charge in [-0.15, -0.1) is 0 Å². The van der Waals surface area contributed by atoms with Crippen LogP contribution >= 0.6 is 0 Å². The molecule has 1 aliphatic rings. The van der Waals surface area contributed by atoms with Crippen LogP contribution in [-0.2, 0) is 17.9 Å². The predicted molar refractivity (Wildman–Crippen MR) is 209 cm³/mol. The van der Waals surface area contributed by atoms with Gasteiger partial charge in [-0.05, 0) is 107 Å². The molecule has 0 radical (unpaired) electrons. The van der Waals surface area contributed by atoms with Crippen LogP contribution in [0.2, 0.25) is 0 Å². The lowest BCUT2D eigenvalue weighted by Crippen LogP contribution is -2.44. The molecule has 0 saturated carbocycles. The number of nitrogens with zero attached hydrogens (tertiary/aromatic N) is 3. The van der Waals surface area contributed by atoms with Crippen LogP contribution in [0.4, 0.5) is 11.4 Å². The van der Waals surface area contributed by atoms with Gasteiger partial charge in [-0.2, -0.15) is 0 Å². The summed E-state index contributed by atoms with van der Waals surface area (Å²) in [4.78, 5) is 54.9. The molecule has 3 amide bonds. The smallest absolute Gasteiger partial charge is 0.259 e. The average molecular weight is 736 g/mol. The molecule has 4 aromatic carbocycles. The van der Waals surface area contributed by atoms with E-state index >= 15 is 0 Å². The van der Waals surface area contributed by atoms with Gasteiger partial charge in [0.15, 0.2) is 0 Å². The summed E-state index contributed by atoms with van der Waals surface area (Å²) < 4.78 is 12.0. The largest absolute Gasteiger partial charge is 0.491 e. The summed E-state index contributed by atoms with van der Waals surface area (Å²) in [5, 5.41) is 17.3. The SMILES string of the molecule is Cc1ccc(NC(=O)c2ccc(NC(=O)c3ccccc3OCc3ccccc3)cc2C[N+](=O)[O-])c(OCCCCCC(=O)N2CCC(N(C)C)CC2)c1. The molecule has 0 atom stereocenters. The van der Waals surface area contributed by atoms with Crippen LogP contribution < -0.4 is 20.1 Å². The molecule has 12 nitrogen and oxygen atoms in total. The minimum absolute atomic E-state index is 0.0958. The third-order valence-electron chi connectivity index (χ3n) is 9.50. The summed E-state index contributed by atoms with van der Waals surface area (Å²) in [5.74, 6) is 0.0645. The Kier molecular flexibility index (Phi) is 14.1. The summed E-state index contributed by atoms with van der Waals surface area (Å²) >= 11 is 0. The van der Waals surface area contributed by atoms with E-state index in [1.54, 1.807) is 30.3 Å². The summed E-state index contributed by atoms with van der Waals surface area (Å²) in [6.07, 6.45) is 4.86. The maximum atomic E-state index is 13.6. The van der Waals surface area contributed by atoms with Crippen LogP contribution in [0.3, 0.4) is 0 Å². The molecule has 1 heterocycles. The quantitative estimate of drug-likeness (QED) is 0.0651. The van der Waals surface area contributed by atoms with Crippen LogP contribution in [0.5, 0.6) is 11.5 Å². The Morgan fingerprint density at radius 1 is 0.815 bits per heavy atom. The van der Waals surface area contributed by atoms with Gasteiger partial charge < -0.3 is 29.9 Å². The predicted octanol–water partition coefficient (Wildman–Crippen LogP) is 7.35. The molecule has 0 aliphatic carbocycles. The van der Waals surface area contributed by atoms with Gasteiger partial charge in [-0.3, -0.25) is 24.5 Å². The zero-order valence-electron chi connectivity index (χ0n) is 31.2. The van der Waals surface area contributed by atoms with Crippen LogP contribution in [0.25, 0.3) is 0 Å². The van der Waals surface area contributed by atoms with Crippen molar-refractivity contribution in [2.45, 2.75) is 64.6 Å². The Morgan fingerprint density at radius 2 is 1.54 bits per heavy atom. The van der Waals surface area contributed by atoms with E-state index in [1.807, 2.05) is 54.3 Å². The number of likely N-dealkylation sites (tertiary alicyclic amines) is 1. The molecule has 0 spiro atoms. The molecular weight excluding hydrogens is 686 g/mol. The summed E-state index contributed by atoms with van der Waals surface area (Å²) in [6, 6.07) is 26.8. The fourth-order valence-electron chi connectivity index (χ4n) is 6.45. The molecule has 1 fully saturated rings. The van der Waals surface area contributed by atoms with Crippen molar-refractivity contribution >= 4 is 29.1 Å². The molecule has 4 aromatic rings. The highest BCUT2D eigenvalue weighted by atomic mass is 16.6. The fourth-order valence-corrected chi connectivity index (χ4v) is 6.45. The second-order valence-electron chi connectivity index (χ2n) is 13.8. The first kappa shape index (κ1) is 39.5. The lowest BCUT2D eigenvalue weighted by molar-refractivity contribution is -0.496. The Bertz CT molecular complexity index is 1910. The molecule has 5 rings (SSSR count). The van der Waals surface area contributed by atoms with Crippen molar-refractivity contribution < 1.29 is 28.8 Å². The number of piperidine rings is 1. The van der Waals surface area contributed by atoms with Crippen molar-refractivity contribution in [1.29, 1.82) is 0 Å². The Morgan fingerprint density at radius 3 is 2.28 bits per heavy atom. The molecular formula is C42H49N5O7. The zero-order valence-corrected chi connectivity index (χ0v) is 31.2. The summed E-state index contributed by atoms with van der Waals surface area (Å²) in [5.41, 5.74) is 3.13. The highest BCUT2D eigenvalue weighted by molar-refractivity contribution is 6.08. The fraction of sp³-hybridized carbons (Fsp3) is 0.357. The van der Waals surface area contributed by atoms with Gasteiger partial charge in [0.2, 0.25) is 12.5 Å². The van der Waals surface area contributed by atoms with E-state index in [-0.39, 0.29) is 23.6 Å². The summed E-state index contributed by atoms with van der Waals surface area (Å²) in [6.45, 7) is 3.58. The van der Waals surface area contributed by atoms with Crippen molar-refractivity contribution in [3.05, 3.63) is 129 Å². The molecule has 0 unspecified atom stereocenters. The topological polar surface area (TPSA) is 143 Å². The monoisotopic (exact) mass is 735 g/mol. The zero-order chi connectivity index (χ0) is 38.5. The number of para-hydroxylation sites is 1. The molecule has 284 valence electrons. The van der Waals surface area contributed by atoms with Crippen LogP contribution in [0.1, 0.15) is 75.9 Å². The number of nitrogens with one attached hydrogen (secondary N) is 2. The van der Waals surface area contributed by atoms with E-state index in [2.05, 4.69) is 29.6 Å². The number of unbranched alkanes of at least 4 members (excludes halogenated alkanes) is 2. The number of aryl methyl sites for hydroxylation is 1. The highest BCUT2D eigenvalue weighted by Gasteiger charge is 2.24. The number of anilines is 2. The third-order valence-corrected chi connectivity index (χ3v) is 9.50. The third kappa shape index (κ3) is 11.4. The number of carbonyl (C=O) groups excluding carboxylic acids is 3. The maximum Gasteiger partial charge on any atom is 0.259 e. The van der Waals surface area contributed by atoms with E-state index in [0.29, 0.717) is 47.5 Å². The van der Waals surface area contributed by atoms with Crippen LogP contribution in [0, 0.1) is 17.0 Å². The van der Waals surface area contributed by atoms with E-state index in [4.69, 9.17) is 9.47 Å². The van der Waals surface area contributed by atoms with Crippen molar-refractivity contribution in [1.82, 2.24) is 9.80 Å². The minimum atomic E-state index is -0.628. The number of nitro groups is 1. The van der Waals surface area contributed by atoms with Gasteiger partial charge in [-0.1, -0.05) is 48.5 Å². The van der Waals surface area contributed by atoms with E-state index in [0.717, 1.165) is 56.3 Å². The van der Waals surface area contributed by atoms with Crippen molar-refractivity contribution in [2.24, 2.45) is 0 Å². The lowest BCUT2D eigenvalue weighted by Gasteiger charge is -2.35. The first-order chi connectivity index (χ1) is 26.1. The van der Waals surface area contributed by atoms with E-state index < -0.39 is 23.3 Å². The van der Waals surface area contributed by atoms with Crippen LogP contribution in [0.15, 0.2) is 91.0 Å². The van der Waals surface area contributed by atoms with Crippen molar-refractivity contribution in [3.63, 3.8) is 0 Å². The second kappa shape index (κ2) is 19.4. The number of rotatable bonds is 17. The standard InChI is InChI=1S/C42H49N5O7/c1-30-17-20-37(39(26-30)53-25-11-5-8-16-40(48)46-23-21-34(22-24-46)45(2)3)44-41(49)35-19-18-33(27-32(35)28-47(51)52)43-42(50)36-14-9-10-15-38(36)54-29-31-12-6-4-7-13-31/h4,6-7,9-10,12-15,17-20,26-27,34H,5,8,11,16,21-25,28-29H2,1-3H3,(H,43,50)(H,44,49). The Balaban J connectivity index is 1.17. The number of carbonyl (C=O) groups is 3. The molecule has 12 heteroatoms. The van der Waals surface area contributed by atoms with E-state index in [9.17, 15) is 24.5 Å². The molecule has 2 N–H and O–H groups in total. The molecule has 0 bridgehead atoms. The average Bonchev–Trinajstić information content (AvgIpc) is 3.16. The molecule has 54 heavy (non-hydrogen) atoms. The second-order valence-corrected chi connectivity index (χ2v) is 13.8. The highest BCUT2D eigenvalue weighted by Crippen LogP contribution is 2.28. The number of benzene rings is 4. The number of hydrogen-bond acceptors (Lipinski definition) is 8. The number of amides is 3. The van der Waals surface area contributed by atoms with Gasteiger partial charge in [0, 0.05) is 47.3 Å². The molecule has 1 aliphatic heterocycles. The Labute approximate surface area is 316 Å². The Hall–Kier alpha value is -5.75. The minimum Gasteiger partial charge on any atom is -0.491 e. The van der Waals surface area contributed by atoms with Crippen molar-refractivity contribution in [2.75, 3.05) is 44.4 Å². The first-order valence-electron chi connectivity index (χ1n) is 18.4.